The summed E-state index contributed by atoms with van der Waals surface area (Å²) in [5.41, 5.74) is 0.0903. The smallest absolute Gasteiger partial charge is 0.304 e. The number of nitrogens with one attached hydrogen (secondary N) is 1. The van der Waals surface area contributed by atoms with Crippen molar-refractivity contribution in [2.45, 2.75) is 31.5 Å². The van der Waals surface area contributed by atoms with E-state index in [4.69, 9.17) is 11.6 Å². The molecule has 0 saturated heterocycles. The van der Waals surface area contributed by atoms with Gasteiger partial charge in [-0.15, -0.1) is 0 Å². The van der Waals surface area contributed by atoms with Gasteiger partial charge in [0, 0.05) is 17.8 Å². The summed E-state index contributed by atoms with van der Waals surface area (Å²) in [5.74, 6) is -0.628. The predicted octanol–water partition coefficient (Wildman–Crippen LogP) is 4.78. The first-order valence-corrected chi connectivity index (χ1v) is 10.2. The number of rotatable bonds is 5. The van der Waals surface area contributed by atoms with Crippen molar-refractivity contribution in [2.75, 3.05) is 5.32 Å². The summed E-state index contributed by atoms with van der Waals surface area (Å²) in [5, 5.41) is 10.8. The molecule has 1 fully saturated rings. The molecule has 0 atom stereocenters. The molecule has 3 aromatic heterocycles. The molecule has 5 rings (SSSR count). The highest BCUT2D eigenvalue weighted by molar-refractivity contribution is 6.33. The molecule has 3 heterocycles. The maximum Gasteiger partial charge on any atom is 0.433 e. The number of alkyl halides is 3. The minimum Gasteiger partial charge on any atom is -0.304 e. The van der Waals surface area contributed by atoms with Crippen LogP contribution in [0.1, 0.15) is 46.1 Å². The fraction of sp³-hybridized carbons (Fsp3) is 0.238. The Labute approximate surface area is 184 Å². The normalized spacial score (nSPS) is 14.1. The van der Waals surface area contributed by atoms with Crippen LogP contribution in [-0.4, -0.2) is 30.3 Å². The molecule has 0 radical (unpaired) electrons. The molecule has 1 aliphatic carbocycles. The molecule has 0 unspecified atom stereocenters. The second-order valence-electron chi connectivity index (χ2n) is 7.59. The Kier molecular flexibility index (Phi) is 4.89. The summed E-state index contributed by atoms with van der Waals surface area (Å²) in [6, 6.07) is 10.5. The maximum atomic E-state index is 13.6. The molecule has 1 aromatic carbocycles. The third-order valence-electron chi connectivity index (χ3n) is 5.16. The largest absolute Gasteiger partial charge is 0.433 e. The van der Waals surface area contributed by atoms with Crippen LogP contribution >= 0.6 is 11.6 Å². The zero-order valence-electron chi connectivity index (χ0n) is 16.5. The number of halogens is 4. The lowest BCUT2D eigenvalue weighted by Gasteiger charge is -2.11. The Morgan fingerprint density at radius 3 is 2.66 bits per heavy atom. The zero-order chi connectivity index (χ0) is 22.5. The molecular formula is C21H16ClF3N6O. The minimum absolute atomic E-state index is 0.0324. The molecule has 1 saturated carbocycles. The highest BCUT2D eigenvalue weighted by Gasteiger charge is 2.38. The number of anilines is 1. The van der Waals surface area contributed by atoms with Gasteiger partial charge < -0.3 is 5.32 Å². The molecule has 4 aromatic rings. The third kappa shape index (κ3) is 3.93. The number of benzene rings is 1. The number of aromatic nitrogens is 5. The van der Waals surface area contributed by atoms with E-state index in [2.05, 4.69) is 20.5 Å². The van der Waals surface area contributed by atoms with E-state index < -0.39 is 17.8 Å². The van der Waals surface area contributed by atoms with Crippen LogP contribution in [0.5, 0.6) is 0 Å². The van der Waals surface area contributed by atoms with Gasteiger partial charge in [0.05, 0.1) is 12.7 Å². The van der Waals surface area contributed by atoms with E-state index in [1.54, 1.807) is 10.9 Å². The van der Waals surface area contributed by atoms with Gasteiger partial charge in [-0.05, 0) is 24.5 Å². The van der Waals surface area contributed by atoms with Gasteiger partial charge in [-0.25, -0.2) is 9.50 Å². The van der Waals surface area contributed by atoms with Crippen molar-refractivity contribution in [3.05, 3.63) is 76.3 Å². The fourth-order valence-corrected chi connectivity index (χ4v) is 3.64. The van der Waals surface area contributed by atoms with E-state index in [1.165, 1.54) is 0 Å². The van der Waals surface area contributed by atoms with Gasteiger partial charge in [0.25, 0.3) is 5.91 Å². The molecule has 164 valence electrons. The summed E-state index contributed by atoms with van der Waals surface area (Å²) in [6.07, 6.45) is -0.469. The lowest BCUT2D eigenvalue weighted by molar-refractivity contribution is -0.142. The maximum absolute atomic E-state index is 13.6. The third-order valence-corrected chi connectivity index (χ3v) is 5.44. The molecule has 7 nitrogen and oxygen atoms in total. The molecule has 1 N–H and O–H groups in total. The number of carbonyl (C=O) groups is 1. The molecule has 0 bridgehead atoms. The first-order chi connectivity index (χ1) is 15.3. The van der Waals surface area contributed by atoms with E-state index >= 15 is 0 Å². The van der Waals surface area contributed by atoms with Crippen molar-refractivity contribution >= 4 is 29.0 Å². The van der Waals surface area contributed by atoms with Crippen LogP contribution in [0, 0.1) is 0 Å². The van der Waals surface area contributed by atoms with Crippen LogP contribution in [0.3, 0.4) is 0 Å². The number of nitrogens with zero attached hydrogens (tertiary/aromatic N) is 5. The summed E-state index contributed by atoms with van der Waals surface area (Å²) < 4.78 is 42.9. The van der Waals surface area contributed by atoms with Crippen LogP contribution in [0.25, 0.3) is 5.65 Å². The predicted molar refractivity (Wildman–Crippen MR) is 111 cm³/mol. The molecule has 0 aliphatic heterocycles. The van der Waals surface area contributed by atoms with Crippen molar-refractivity contribution < 1.29 is 18.0 Å². The van der Waals surface area contributed by atoms with E-state index in [1.807, 2.05) is 30.3 Å². The average molecular weight is 461 g/mol. The number of amides is 1. The summed E-state index contributed by atoms with van der Waals surface area (Å²) in [6.45, 7) is 0.439. The number of hydrogen-bond donors (Lipinski definition) is 1. The van der Waals surface area contributed by atoms with Gasteiger partial charge in [-0.3, -0.25) is 9.48 Å². The van der Waals surface area contributed by atoms with Crippen LogP contribution in [0.15, 0.2) is 48.8 Å². The van der Waals surface area contributed by atoms with Gasteiger partial charge in [0.15, 0.2) is 11.5 Å². The molecule has 11 heteroatoms. The van der Waals surface area contributed by atoms with Crippen LogP contribution in [0.2, 0.25) is 5.02 Å². The lowest BCUT2D eigenvalue weighted by atomic mass is 10.2. The molecule has 1 amide bonds. The van der Waals surface area contributed by atoms with E-state index in [0.29, 0.717) is 16.8 Å². The van der Waals surface area contributed by atoms with E-state index in [0.717, 1.165) is 30.7 Å². The van der Waals surface area contributed by atoms with Crippen LogP contribution < -0.4 is 5.32 Å². The minimum atomic E-state index is -4.63. The monoisotopic (exact) mass is 460 g/mol. The Bertz CT molecular complexity index is 1310. The van der Waals surface area contributed by atoms with Crippen molar-refractivity contribution in [1.29, 1.82) is 0 Å². The SMILES string of the molecule is O=C(Nc1nn(Cc2ccccc2)cc1Cl)c1cnn2c(C(F)(F)F)cc(C3CC3)nc12. The fourth-order valence-electron chi connectivity index (χ4n) is 3.44. The Balaban J connectivity index is 1.45. The molecule has 0 spiro atoms. The lowest BCUT2D eigenvalue weighted by Crippen LogP contribution is -2.16. The summed E-state index contributed by atoms with van der Waals surface area (Å²) in [7, 11) is 0. The van der Waals surface area contributed by atoms with Gasteiger partial charge in [0.1, 0.15) is 16.3 Å². The average Bonchev–Trinajstić information content (AvgIpc) is 3.42. The van der Waals surface area contributed by atoms with E-state index in [9.17, 15) is 18.0 Å². The second kappa shape index (κ2) is 7.63. The summed E-state index contributed by atoms with van der Waals surface area (Å²) >= 11 is 6.21. The Morgan fingerprint density at radius 2 is 1.97 bits per heavy atom. The number of hydrogen-bond acceptors (Lipinski definition) is 4. The van der Waals surface area contributed by atoms with Gasteiger partial charge in [0.2, 0.25) is 0 Å². The van der Waals surface area contributed by atoms with Crippen molar-refractivity contribution in [3.63, 3.8) is 0 Å². The molecule has 32 heavy (non-hydrogen) atoms. The van der Waals surface area contributed by atoms with Gasteiger partial charge >= 0.3 is 6.18 Å². The standard InChI is InChI=1S/C21H16ClF3N6O/c22-15-11-30(10-12-4-2-1-3-5-12)29-18(15)28-20(32)14-9-26-31-17(21(23,24)25)8-16(13-6-7-13)27-19(14)31/h1-5,8-9,11,13H,6-7,10H2,(H,28,29,32). The molecular weight excluding hydrogens is 445 g/mol. The highest BCUT2D eigenvalue weighted by atomic mass is 35.5. The second-order valence-corrected chi connectivity index (χ2v) is 8.00. The first kappa shape index (κ1) is 20.5. The number of fused-ring (bicyclic) bond motifs is 1. The van der Waals surface area contributed by atoms with E-state index in [-0.39, 0.29) is 28.0 Å². The zero-order valence-corrected chi connectivity index (χ0v) is 17.2. The molecule has 1 aliphatic rings. The quantitative estimate of drug-likeness (QED) is 0.465. The number of carbonyl (C=O) groups excluding carboxylic acids is 1. The van der Waals surface area contributed by atoms with Crippen molar-refractivity contribution in [3.8, 4) is 0 Å². The van der Waals surface area contributed by atoms with Crippen LogP contribution in [-0.2, 0) is 12.7 Å². The van der Waals surface area contributed by atoms with Crippen LogP contribution in [0.4, 0.5) is 19.0 Å². The summed E-state index contributed by atoms with van der Waals surface area (Å²) in [4.78, 5) is 17.2. The Hall–Kier alpha value is -3.40. The van der Waals surface area contributed by atoms with Gasteiger partial charge in [-0.2, -0.15) is 23.4 Å². The van der Waals surface area contributed by atoms with Crippen molar-refractivity contribution in [1.82, 2.24) is 24.4 Å². The topological polar surface area (TPSA) is 77.1 Å². The van der Waals surface area contributed by atoms with Gasteiger partial charge in [-0.1, -0.05) is 41.9 Å². The first-order valence-electron chi connectivity index (χ1n) is 9.83. The van der Waals surface area contributed by atoms with Crippen molar-refractivity contribution in [2.24, 2.45) is 0 Å². The highest BCUT2D eigenvalue weighted by Crippen LogP contribution is 2.41. The Morgan fingerprint density at radius 1 is 1.22 bits per heavy atom.